The maximum Gasteiger partial charge on any atom is 0.274 e. The minimum Gasteiger partial charge on any atom is -0.335 e. The summed E-state index contributed by atoms with van der Waals surface area (Å²) in [5.41, 5.74) is 3.44. The smallest absolute Gasteiger partial charge is 0.274 e. The number of benzene rings is 1. The van der Waals surface area contributed by atoms with Crippen molar-refractivity contribution >= 4 is 17.7 Å². The molecule has 8 heteroatoms. The van der Waals surface area contributed by atoms with Crippen molar-refractivity contribution in [3.63, 3.8) is 0 Å². The minimum absolute atomic E-state index is 0.111. The van der Waals surface area contributed by atoms with E-state index in [1.54, 1.807) is 22.6 Å². The van der Waals surface area contributed by atoms with Gasteiger partial charge in [-0.15, -0.1) is 11.8 Å². The Kier molecular flexibility index (Phi) is 4.38. The zero-order valence-electron chi connectivity index (χ0n) is 16.7. The highest BCUT2D eigenvalue weighted by Gasteiger charge is 2.50. The average Bonchev–Trinajstić information content (AvgIpc) is 3.30. The van der Waals surface area contributed by atoms with E-state index in [1.807, 2.05) is 23.1 Å². The predicted octanol–water partition coefficient (Wildman–Crippen LogP) is 4.14. The molecule has 0 radical (unpaired) electrons. The predicted molar refractivity (Wildman–Crippen MR) is 113 cm³/mol. The fourth-order valence-corrected chi connectivity index (χ4v) is 6.06. The largest absolute Gasteiger partial charge is 0.335 e. The summed E-state index contributed by atoms with van der Waals surface area (Å²) in [6, 6.07) is 9.33. The van der Waals surface area contributed by atoms with Crippen molar-refractivity contribution in [3.05, 3.63) is 76.9 Å². The van der Waals surface area contributed by atoms with E-state index in [2.05, 4.69) is 10.1 Å². The van der Waals surface area contributed by atoms with Crippen molar-refractivity contribution in [1.82, 2.24) is 19.7 Å². The SMILES string of the molecule is O=C(c1nn(-c2ccc(F)cc2F)c2c1C[C@H]1C[C@@H]21)N1CCSC(c2ccccn2)C1. The molecule has 5 nitrogen and oxygen atoms in total. The van der Waals surface area contributed by atoms with Crippen molar-refractivity contribution in [1.29, 1.82) is 0 Å². The number of hydrogen-bond acceptors (Lipinski definition) is 4. The van der Waals surface area contributed by atoms with E-state index in [0.717, 1.165) is 41.6 Å². The first-order chi connectivity index (χ1) is 15.1. The van der Waals surface area contributed by atoms with Crippen molar-refractivity contribution in [2.75, 3.05) is 18.8 Å². The number of nitrogens with zero attached hydrogens (tertiary/aromatic N) is 4. The number of halogens is 2. The van der Waals surface area contributed by atoms with Gasteiger partial charge in [-0.25, -0.2) is 13.5 Å². The Morgan fingerprint density at radius 3 is 2.90 bits per heavy atom. The highest BCUT2D eigenvalue weighted by molar-refractivity contribution is 7.99. The molecule has 1 saturated carbocycles. The molecule has 6 rings (SSSR count). The summed E-state index contributed by atoms with van der Waals surface area (Å²) in [4.78, 5) is 19.8. The van der Waals surface area contributed by atoms with Gasteiger partial charge in [0, 0.05) is 42.6 Å². The van der Waals surface area contributed by atoms with Crippen LogP contribution in [0.4, 0.5) is 8.78 Å². The minimum atomic E-state index is -0.669. The van der Waals surface area contributed by atoms with Gasteiger partial charge in [0.25, 0.3) is 5.91 Å². The molecule has 3 heterocycles. The van der Waals surface area contributed by atoms with Crippen LogP contribution in [-0.2, 0) is 6.42 Å². The maximum absolute atomic E-state index is 14.5. The number of fused-ring (bicyclic) bond motifs is 3. The molecule has 158 valence electrons. The summed E-state index contributed by atoms with van der Waals surface area (Å²) in [5.74, 6) is 0.238. The molecule has 2 aliphatic carbocycles. The fourth-order valence-electron chi connectivity index (χ4n) is 4.85. The monoisotopic (exact) mass is 438 g/mol. The number of pyridine rings is 1. The lowest BCUT2D eigenvalue weighted by atomic mass is 10.1. The summed E-state index contributed by atoms with van der Waals surface area (Å²) < 4.78 is 29.5. The van der Waals surface area contributed by atoms with Gasteiger partial charge in [-0.1, -0.05) is 6.07 Å². The molecule has 1 amide bonds. The molecule has 0 spiro atoms. The van der Waals surface area contributed by atoms with Gasteiger partial charge in [0.05, 0.1) is 16.6 Å². The van der Waals surface area contributed by atoms with E-state index in [-0.39, 0.29) is 16.8 Å². The summed E-state index contributed by atoms with van der Waals surface area (Å²) in [6.07, 6.45) is 3.61. The molecule has 1 aromatic carbocycles. The third kappa shape index (κ3) is 3.15. The van der Waals surface area contributed by atoms with E-state index in [0.29, 0.717) is 30.6 Å². The lowest BCUT2D eigenvalue weighted by Crippen LogP contribution is -2.40. The second kappa shape index (κ2) is 7.15. The molecule has 3 atom stereocenters. The number of aromatic nitrogens is 3. The Morgan fingerprint density at radius 2 is 2.10 bits per heavy atom. The van der Waals surface area contributed by atoms with Gasteiger partial charge in [-0.05, 0) is 43.0 Å². The first-order valence-electron chi connectivity index (χ1n) is 10.5. The van der Waals surface area contributed by atoms with Gasteiger partial charge in [-0.2, -0.15) is 5.10 Å². The number of thioether (sulfide) groups is 1. The zero-order chi connectivity index (χ0) is 21.1. The summed E-state index contributed by atoms with van der Waals surface area (Å²) in [6.45, 7) is 1.21. The van der Waals surface area contributed by atoms with Crippen LogP contribution in [0.25, 0.3) is 5.69 Å². The van der Waals surface area contributed by atoms with E-state index in [4.69, 9.17) is 0 Å². The van der Waals surface area contributed by atoms with Crippen molar-refractivity contribution in [3.8, 4) is 5.69 Å². The Bertz CT molecular complexity index is 1180. The summed E-state index contributed by atoms with van der Waals surface area (Å²) >= 11 is 1.80. The van der Waals surface area contributed by atoms with Crippen molar-refractivity contribution in [2.45, 2.75) is 24.0 Å². The summed E-state index contributed by atoms with van der Waals surface area (Å²) in [7, 11) is 0. The Hall–Kier alpha value is -2.74. The topological polar surface area (TPSA) is 51.0 Å². The van der Waals surface area contributed by atoms with E-state index in [9.17, 15) is 13.6 Å². The normalized spacial score (nSPS) is 24.1. The number of rotatable bonds is 3. The number of carbonyl (C=O) groups excluding carboxylic acids is 1. The van der Waals surface area contributed by atoms with Crippen LogP contribution in [0.3, 0.4) is 0 Å². The lowest BCUT2D eigenvalue weighted by molar-refractivity contribution is 0.0753. The number of amides is 1. The third-order valence-electron chi connectivity index (χ3n) is 6.48. The first kappa shape index (κ1) is 19.0. The third-order valence-corrected chi connectivity index (χ3v) is 7.69. The van der Waals surface area contributed by atoms with Gasteiger partial charge in [0.1, 0.15) is 11.5 Å². The molecule has 0 bridgehead atoms. The van der Waals surface area contributed by atoms with Crippen LogP contribution in [0.2, 0.25) is 0 Å². The van der Waals surface area contributed by atoms with Crippen molar-refractivity contribution < 1.29 is 13.6 Å². The van der Waals surface area contributed by atoms with Crippen LogP contribution in [0.1, 0.15) is 45.0 Å². The Morgan fingerprint density at radius 1 is 1.19 bits per heavy atom. The molecule has 1 saturated heterocycles. The Balaban J connectivity index is 1.35. The van der Waals surface area contributed by atoms with Crippen LogP contribution in [0, 0.1) is 17.6 Å². The maximum atomic E-state index is 14.5. The van der Waals surface area contributed by atoms with Crippen LogP contribution >= 0.6 is 11.8 Å². The number of hydrogen-bond donors (Lipinski definition) is 0. The van der Waals surface area contributed by atoms with E-state index >= 15 is 0 Å². The highest BCUT2D eigenvalue weighted by atomic mass is 32.2. The molecule has 2 fully saturated rings. The molecule has 0 N–H and O–H groups in total. The summed E-state index contributed by atoms with van der Waals surface area (Å²) in [5, 5.41) is 4.71. The number of carbonyl (C=O) groups is 1. The zero-order valence-corrected chi connectivity index (χ0v) is 17.5. The standard InChI is InChI=1S/C23H20F2N4OS/c24-14-4-5-19(17(25)11-14)29-22-15-9-13(15)10-16(22)21(27-29)23(30)28-7-8-31-20(12-28)18-3-1-2-6-26-18/h1-6,11,13,15,20H,7-10,12H2/t13-,15-,20?/m1/s1. The van der Waals surface area contributed by atoms with Gasteiger partial charge in [0.2, 0.25) is 0 Å². The molecule has 2 aromatic heterocycles. The second-order valence-electron chi connectivity index (χ2n) is 8.39. The van der Waals surface area contributed by atoms with E-state index < -0.39 is 11.6 Å². The molecule has 3 aliphatic rings. The molecule has 3 aromatic rings. The molecule has 31 heavy (non-hydrogen) atoms. The lowest BCUT2D eigenvalue weighted by Gasteiger charge is -2.31. The van der Waals surface area contributed by atoms with E-state index in [1.165, 1.54) is 12.1 Å². The highest BCUT2D eigenvalue weighted by Crippen LogP contribution is 2.57. The molecular weight excluding hydrogens is 418 g/mol. The Labute approximate surface area is 182 Å². The van der Waals surface area contributed by atoms with Gasteiger partial charge in [-0.3, -0.25) is 9.78 Å². The van der Waals surface area contributed by atoms with Crippen LogP contribution in [0.5, 0.6) is 0 Å². The second-order valence-corrected chi connectivity index (χ2v) is 9.70. The average molecular weight is 439 g/mol. The fraction of sp³-hybridized carbons (Fsp3) is 0.348. The molecule has 1 unspecified atom stereocenters. The van der Waals surface area contributed by atoms with Crippen LogP contribution in [0.15, 0.2) is 42.6 Å². The van der Waals surface area contributed by atoms with Gasteiger partial charge >= 0.3 is 0 Å². The van der Waals surface area contributed by atoms with Gasteiger partial charge < -0.3 is 4.90 Å². The molecular formula is C23H20F2N4OS. The van der Waals surface area contributed by atoms with Crippen LogP contribution < -0.4 is 0 Å². The van der Waals surface area contributed by atoms with Crippen LogP contribution in [-0.4, -0.2) is 44.4 Å². The first-order valence-corrected chi connectivity index (χ1v) is 11.5. The molecule has 1 aliphatic heterocycles. The van der Waals surface area contributed by atoms with Crippen molar-refractivity contribution in [2.24, 2.45) is 5.92 Å². The van der Waals surface area contributed by atoms with Gasteiger partial charge in [0.15, 0.2) is 11.5 Å². The quantitative estimate of drug-likeness (QED) is 0.617.